The molecule has 0 bridgehead atoms. The van der Waals surface area contributed by atoms with E-state index in [0.29, 0.717) is 17.5 Å². The highest BCUT2D eigenvalue weighted by molar-refractivity contribution is 6.28. The SMILES string of the molecule is c1ccc(-c2nc(-c3ccccc3)nc(-c3ccc(-n4c5c(-c6ccc7c8ccccc8c8ccccc8c7c6)c6ccccc6cc5c5ccc6ccccc6c54)cc3)n2)cc1. The molecule has 0 saturated carbocycles. The van der Waals surface area contributed by atoms with Crippen LogP contribution in [0.3, 0.4) is 0 Å². The van der Waals surface area contributed by atoms with Crippen molar-refractivity contribution in [2.24, 2.45) is 0 Å². The Labute approximate surface area is 363 Å². The van der Waals surface area contributed by atoms with Gasteiger partial charge in [0.05, 0.1) is 11.0 Å². The third-order valence-corrected chi connectivity index (χ3v) is 12.8. The molecule has 63 heavy (non-hydrogen) atoms. The Morgan fingerprint density at radius 1 is 0.254 bits per heavy atom. The molecule has 0 aliphatic heterocycles. The Hall–Kier alpha value is -8.47. The summed E-state index contributed by atoms with van der Waals surface area (Å²) >= 11 is 0. The molecule has 0 unspecified atom stereocenters. The molecule has 4 nitrogen and oxygen atoms in total. The van der Waals surface area contributed by atoms with Crippen LogP contribution in [0.2, 0.25) is 0 Å². The van der Waals surface area contributed by atoms with Gasteiger partial charge in [-0.3, -0.25) is 0 Å². The largest absolute Gasteiger partial charge is 0.308 e. The summed E-state index contributed by atoms with van der Waals surface area (Å²) in [4.78, 5) is 15.1. The van der Waals surface area contributed by atoms with Crippen LogP contribution in [0.1, 0.15) is 0 Å². The fraction of sp³-hybridized carbons (Fsp3) is 0. The molecule has 0 amide bonds. The van der Waals surface area contributed by atoms with E-state index in [1.54, 1.807) is 0 Å². The van der Waals surface area contributed by atoms with Crippen molar-refractivity contribution in [2.45, 2.75) is 0 Å². The molecule has 0 aliphatic carbocycles. The molecule has 2 aromatic heterocycles. The van der Waals surface area contributed by atoms with Crippen molar-refractivity contribution in [2.75, 3.05) is 0 Å². The van der Waals surface area contributed by atoms with Crippen LogP contribution in [-0.4, -0.2) is 19.5 Å². The Bertz CT molecular complexity index is 3850. The van der Waals surface area contributed by atoms with Gasteiger partial charge < -0.3 is 4.57 Å². The third kappa shape index (κ3) is 5.59. The average Bonchev–Trinajstić information content (AvgIpc) is 3.70. The third-order valence-electron chi connectivity index (χ3n) is 12.8. The zero-order chi connectivity index (χ0) is 41.4. The molecule has 0 fully saturated rings. The number of benzene rings is 11. The normalized spacial score (nSPS) is 11.8. The Balaban J connectivity index is 1.09. The monoisotopic (exact) mass is 800 g/mol. The molecule has 11 aromatic carbocycles. The highest BCUT2D eigenvalue weighted by atomic mass is 15.0. The van der Waals surface area contributed by atoms with E-state index < -0.39 is 0 Å². The summed E-state index contributed by atoms with van der Waals surface area (Å²) in [5, 5.41) is 14.9. The van der Waals surface area contributed by atoms with Gasteiger partial charge in [0.2, 0.25) is 0 Å². The topological polar surface area (TPSA) is 43.6 Å². The number of hydrogen-bond acceptors (Lipinski definition) is 3. The number of aromatic nitrogens is 4. The molecular formula is C59H36N4. The van der Waals surface area contributed by atoms with Crippen LogP contribution in [0.5, 0.6) is 0 Å². The zero-order valence-electron chi connectivity index (χ0n) is 34.1. The van der Waals surface area contributed by atoms with Gasteiger partial charge >= 0.3 is 0 Å². The minimum atomic E-state index is 0.629. The first-order chi connectivity index (χ1) is 31.2. The molecule has 13 rings (SSSR count). The van der Waals surface area contributed by atoms with E-state index in [1.807, 2.05) is 60.7 Å². The van der Waals surface area contributed by atoms with Gasteiger partial charge in [-0.25, -0.2) is 15.0 Å². The molecule has 0 aliphatic rings. The zero-order valence-corrected chi connectivity index (χ0v) is 34.1. The fourth-order valence-corrected chi connectivity index (χ4v) is 9.91. The van der Waals surface area contributed by atoms with E-state index >= 15 is 0 Å². The second-order valence-electron chi connectivity index (χ2n) is 16.3. The number of fused-ring (bicyclic) bond motifs is 12. The van der Waals surface area contributed by atoms with Crippen molar-refractivity contribution in [1.29, 1.82) is 0 Å². The maximum atomic E-state index is 5.06. The number of nitrogens with zero attached hydrogens (tertiary/aromatic N) is 4. The smallest absolute Gasteiger partial charge is 0.164 e. The van der Waals surface area contributed by atoms with Gasteiger partial charge in [0.25, 0.3) is 0 Å². The van der Waals surface area contributed by atoms with Gasteiger partial charge in [0.15, 0.2) is 17.5 Å². The maximum absolute atomic E-state index is 5.06. The van der Waals surface area contributed by atoms with Gasteiger partial charge in [-0.05, 0) is 90.4 Å². The lowest BCUT2D eigenvalue weighted by Crippen LogP contribution is -2.01. The minimum Gasteiger partial charge on any atom is -0.308 e. The second kappa shape index (κ2) is 14.1. The lowest BCUT2D eigenvalue weighted by Gasteiger charge is -2.17. The summed E-state index contributed by atoms with van der Waals surface area (Å²) in [7, 11) is 0. The molecule has 0 saturated heterocycles. The summed E-state index contributed by atoms with van der Waals surface area (Å²) in [5.74, 6) is 1.92. The average molecular weight is 801 g/mol. The van der Waals surface area contributed by atoms with E-state index in [9.17, 15) is 0 Å². The van der Waals surface area contributed by atoms with E-state index in [2.05, 4.69) is 162 Å². The van der Waals surface area contributed by atoms with Crippen LogP contribution in [-0.2, 0) is 0 Å². The van der Waals surface area contributed by atoms with Crippen LogP contribution in [0.4, 0.5) is 0 Å². The van der Waals surface area contributed by atoms with Crippen molar-refractivity contribution in [1.82, 2.24) is 19.5 Å². The van der Waals surface area contributed by atoms with Crippen LogP contribution < -0.4 is 0 Å². The van der Waals surface area contributed by atoms with Gasteiger partial charge in [-0.1, -0.05) is 182 Å². The van der Waals surface area contributed by atoms with Gasteiger partial charge in [-0.2, -0.15) is 0 Å². The Morgan fingerprint density at radius 2 is 0.698 bits per heavy atom. The molecule has 2 heterocycles. The maximum Gasteiger partial charge on any atom is 0.164 e. The van der Waals surface area contributed by atoms with Crippen molar-refractivity contribution in [3.8, 4) is 51.0 Å². The molecule has 4 heteroatoms. The van der Waals surface area contributed by atoms with E-state index in [1.165, 1.54) is 86.8 Å². The van der Waals surface area contributed by atoms with Crippen LogP contribution in [0, 0.1) is 0 Å². The van der Waals surface area contributed by atoms with Crippen molar-refractivity contribution in [3.05, 3.63) is 218 Å². The first-order valence-electron chi connectivity index (χ1n) is 21.4. The summed E-state index contributed by atoms with van der Waals surface area (Å²) in [5.41, 5.74) is 8.62. The second-order valence-corrected chi connectivity index (χ2v) is 16.3. The van der Waals surface area contributed by atoms with Crippen LogP contribution in [0.15, 0.2) is 218 Å². The molecule has 0 atom stereocenters. The fourth-order valence-electron chi connectivity index (χ4n) is 9.91. The van der Waals surface area contributed by atoms with Crippen LogP contribution in [0.25, 0.3) is 127 Å². The lowest BCUT2D eigenvalue weighted by molar-refractivity contribution is 1.07. The van der Waals surface area contributed by atoms with E-state index in [-0.39, 0.29) is 0 Å². The Morgan fingerprint density at radius 3 is 1.30 bits per heavy atom. The highest BCUT2D eigenvalue weighted by Gasteiger charge is 2.22. The predicted octanol–water partition coefficient (Wildman–Crippen LogP) is 15.4. The summed E-state index contributed by atoms with van der Waals surface area (Å²) in [6.07, 6.45) is 0. The first-order valence-corrected chi connectivity index (χ1v) is 21.4. The summed E-state index contributed by atoms with van der Waals surface area (Å²) in [6, 6.07) is 78.4. The number of hydrogen-bond donors (Lipinski definition) is 0. The quantitative estimate of drug-likeness (QED) is 0.163. The van der Waals surface area contributed by atoms with Crippen molar-refractivity contribution >= 4 is 75.7 Å². The van der Waals surface area contributed by atoms with Crippen LogP contribution >= 0.6 is 0 Å². The van der Waals surface area contributed by atoms with Crippen molar-refractivity contribution in [3.63, 3.8) is 0 Å². The lowest BCUT2D eigenvalue weighted by atomic mass is 9.90. The predicted molar refractivity (Wildman–Crippen MR) is 263 cm³/mol. The first kappa shape index (κ1) is 35.3. The van der Waals surface area contributed by atoms with E-state index in [0.717, 1.165) is 22.4 Å². The highest BCUT2D eigenvalue weighted by Crippen LogP contribution is 2.46. The Kier molecular flexibility index (Phi) is 7.87. The molecule has 292 valence electrons. The molecule has 13 aromatic rings. The van der Waals surface area contributed by atoms with E-state index in [4.69, 9.17) is 15.0 Å². The number of rotatable bonds is 5. The molecule has 0 spiro atoms. The molecule has 0 N–H and O–H groups in total. The molecular weight excluding hydrogens is 765 g/mol. The van der Waals surface area contributed by atoms with Gasteiger partial charge in [0, 0.05) is 44.1 Å². The molecule has 0 radical (unpaired) electrons. The summed E-state index contributed by atoms with van der Waals surface area (Å²) in [6.45, 7) is 0. The van der Waals surface area contributed by atoms with Gasteiger partial charge in [-0.15, -0.1) is 0 Å². The minimum absolute atomic E-state index is 0.629. The van der Waals surface area contributed by atoms with Gasteiger partial charge in [0.1, 0.15) is 0 Å². The summed E-state index contributed by atoms with van der Waals surface area (Å²) < 4.78 is 2.50. The standard InChI is InChI=1S/C59H36N4/c1-3-16-38(17-4-1)57-60-58(39-18-5-2-6-19-39)62-59(61-57)40-27-31-43(32-28-40)63-55-45-22-10-7-15-37(45)29-34-51(55)53-35-41-20-8-9-21-44(41)54(56(53)63)42-30-33-50-48-25-12-11-23-46(48)47-24-13-14-26-49(47)52(50)36-42/h1-36H. The van der Waals surface area contributed by atoms with Crippen molar-refractivity contribution < 1.29 is 0 Å².